The first-order chi connectivity index (χ1) is 8.15. The van der Waals surface area contributed by atoms with E-state index in [0.717, 1.165) is 16.8 Å². The second kappa shape index (κ2) is 5.52. The maximum atomic E-state index is 6.35. The van der Waals surface area contributed by atoms with E-state index in [1.807, 2.05) is 49.5 Å². The van der Waals surface area contributed by atoms with Crippen LogP contribution in [-0.2, 0) is 6.42 Å². The molecule has 0 spiro atoms. The Bertz CT molecular complexity index is 494. The predicted octanol–water partition coefficient (Wildman–Crippen LogP) is 4.57. The third-order valence-electron chi connectivity index (χ3n) is 2.57. The lowest BCUT2D eigenvalue weighted by Gasteiger charge is -2.09. The fourth-order valence-corrected chi connectivity index (χ4v) is 2.11. The molecule has 0 N–H and O–H groups in total. The molecule has 0 aliphatic rings. The highest BCUT2D eigenvalue weighted by molar-refractivity contribution is 6.30. The lowest BCUT2D eigenvalue weighted by atomic mass is 10.1. The second-order valence-electron chi connectivity index (χ2n) is 4.05. The number of aryl methyl sites for hydroxylation is 1. The van der Waals surface area contributed by atoms with Gasteiger partial charge in [-0.1, -0.05) is 29.8 Å². The third kappa shape index (κ3) is 3.45. The smallest absolute Gasteiger partial charge is 0.0641 e. The molecule has 2 rings (SSSR count). The summed E-state index contributed by atoms with van der Waals surface area (Å²) in [6, 6.07) is 11.7. The van der Waals surface area contributed by atoms with Crippen molar-refractivity contribution in [2.45, 2.75) is 18.7 Å². The molecule has 1 heterocycles. The number of halogens is 2. The van der Waals surface area contributed by atoms with Gasteiger partial charge in [0.2, 0.25) is 0 Å². The quantitative estimate of drug-likeness (QED) is 0.742. The van der Waals surface area contributed by atoms with Gasteiger partial charge in [0.05, 0.1) is 5.38 Å². The second-order valence-corrected chi connectivity index (χ2v) is 5.02. The Morgan fingerprint density at radius 3 is 2.71 bits per heavy atom. The summed E-state index contributed by atoms with van der Waals surface area (Å²) in [7, 11) is 0. The van der Waals surface area contributed by atoms with Gasteiger partial charge in [0, 0.05) is 23.3 Å². The van der Waals surface area contributed by atoms with Gasteiger partial charge >= 0.3 is 0 Å². The van der Waals surface area contributed by atoms with Crippen molar-refractivity contribution < 1.29 is 0 Å². The number of alkyl halides is 1. The van der Waals surface area contributed by atoms with Crippen LogP contribution in [0.4, 0.5) is 0 Å². The molecular formula is C14H13Cl2N. The molecule has 0 saturated heterocycles. The normalized spacial score (nSPS) is 12.4. The van der Waals surface area contributed by atoms with Gasteiger partial charge in [-0.3, -0.25) is 4.98 Å². The minimum atomic E-state index is -0.0936. The highest BCUT2D eigenvalue weighted by Crippen LogP contribution is 2.26. The Morgan fingerprint density at radius 1 is 1.24 bits per heavy atom. The van der Waals surface area contributed by atoms with Crippen LogP contribution in [0.5, 0.6) is 0 Å². The third-order valence-corrected chi connectivity index (χ3v) is 3.21. The van der Waals surface area contributed by atoms with Gasteiger partial charge in [0.15, 0.2) is 0 Å². The van der Waals surface area contributed by atoms with Crippen LogP contribution in [0.2, 0.25) is 5.02 Å². The summed E-state index contributed by atoms with van der Waals surface area (Å²) in [5.41, 5.74) is 3.18. The molecule has 17 heavy (non-hydrogen) atoms. The first kappa shape index (κ1) is 12.4. The van der Waals surface area contributed by atoms with Crippen LogP contribution in [0, 0.1) is 6.92 Å². The highest BCUT2D eigenvalue weighted by atomic mass is 35.5. The lowest BCUT2D eigenvalue weighted by Crippen LogP contribution is -1.98. The standard InChI is InChI=1S/C14H13Cl2N/c1-10-5-6-13(17-9-10)8-14(16)11-3-2-4-12(15)7-11/h2-7,9,14H,8H2,1H3. The van der Waals surface area contributed by atoms with Crippen molar-refractivity contribution in [1.82, 2.24) is 4.98 Å². The largest absolute Gasteiger partial charge is 0.261 e. The zero-order valence-electron chi connectivity index (χ0n) is 9.53. The van der Waals surface area contributed by atoms with Crippen LogP contribution in [0.15, 0.2) is 42.6 Å². The molecule has 0 amide bonds. The predicted molar refractivity (Wildman–Crippen MR) is 72.7 cm³/mol. The van der Waals surface area contributed by atoms with Gasteiger partial charge in [0.1, 0.15) is 0 Å². The molecule has 1 unspecified atom stereocenters. The Morgan fingerprint density at radius 2 is 2.06 bits per heavy atom. The maximum Gasteiger partial charge on any atom is 0.0641 e. The summed E-state index contributed by atoms with van der Waals surface area (Å²) in [6.07, 6.45) is 2.57. The molecule has 0 aliphatic heterocycles. The number of benzene rings is 1. The van der Waals surface area contributed by atoms with Crippen molar-refractivity contribution >= 4 is 23.2 Å². The van der Waals surface area contributed by atoms with Crippen molar-refractivity contribution in [3.05, 3.63) is 64.4 Å². The van der Waals surface area contributed by atoms with E-state index >= 15 is 0 Å². The van der Waals surface area contributed by atoms with Crippen LogP contribution in [0.1, 0.15) is 22.2 Å². The SMILES string of the molecule is Cc1ccc(CC(Cl)c2cccc(Cl)c2)nc1. The molecule has 1 aromatic heterocycles. The molecule has 0 aliphatic carbocycles. The van der Waals surface area contributed by atoms with Crippen molar-refractivity contribution in [2.75, 3.05) is 0 Å². The van der Waals surface area contributed by atoms with Crippen molar-refractivity contribution in [3.8, 4) is 0 Å². The maximum absolute atomic E-state index is 6.35. The number of aromatic nitrogens is 1. The fraction of sp³-hybridized carbons (Fsp3) is 0.214. The zero-order chi connectivity index (χ0) is 12.3. The molecule has 1 aromatic carbocycles. The Balaban J connectivity index is 2.11. The highest BCUT2D eigenvalue weighted by Gasteiger charge is 2.09. The molecule has 3 heteroatoms. The van der Waals surface area contributed by atoms with E-state index in [-0.39, 0.29) is 5.38 Å². The number of hydrogen-bond acceptors (Lipinski definition) is 1. The van der Waals surface area contributed by atoms with E-state index in [0.29, 0.717) is 11.4 Å². The van der Waals surface area contributed by atoms with Crippen LogP contribution in [0.3, 0.4) is 0 Å². The molecule has 1 nitrogen and oxygen atoms in total. The van der Waals surface area contributed by atoms with E-state index in [4.69, 9.17) is 23.2 Å². The number of nitrogens with zero attached hydrogens (tertiary/aromatic N) is 1. The number of pyridine rings is 1. The van der Waals surface area contributed by atoms with E-state index in [2.05, 4.69) is 4.98 Å². The van der Waals surface area contributed by atoms with Crippen molar-refractivity contribution in [2.24, 2.45) is 0 Å². The summed E-state index contributed by atoms with van der Waals surface area (Å²) >= 11 is 12.3. The minimum absolute atomic E-state index is 0.0936. The summed E-state index contributed by atoms with van der Waals surface area (Å²) < 4.78 is 0. The van der Waals surface area contributed by atoms with Gasteiger partial charge in [-0.05, 0) is 36.2 Å². The van der Waals surface area contributed by atoms with Gasteiger partial charge in [-0.2, -0.15) is 0 Å². The molecule has 2 aromatic rings. The summed E-state index contributed by atoms with van der Waals surface area (Å²) in [6.45, 7) is 2.02. The van der Waals surface area contributed by atoms with E-state index in [1.54, 1.807) is 0 Å². The van der Waals surface area contributed by atoms with Gasteiger partial charge in [-0.15, -0.1) is 11.6 Å². The van der Waals surface area contributed by atoms with E-state index in [9.17, 15) is 0 Å². The Labute approximate surface area is 111 Å². The monoisotopic (exact) mass is 265 g/mol. The van der Waals surface area contributed by atoms with Gasteiger partial charge in [-0.25, -0.2) is 0 Å². The van der Waals surface area contributed by atoms with Crippen LogP contribution in [-0.4, -0.2) is 4.98 Å². The molecule has 0 fully saturated rings. The van der Waals surface area contributed by atoms with Crippen LogP contribution < -0.4 is 0 Å². The van der Waals surface area contributed by atoms with Gasteiger partial charge < -0.3 is 0 Å². The average Bonchev–Trinajstić information content (AvgIpc) is 2.32. The molecule has 88 valence electrons. The van der Waals surface area contributed by atoms with Crippen LogP contribution in [0.25, 0.3) is 0 Å². The molecule has 0 radical (unpaired) electrons. The molecule has 0 bridgehead atoms. The minimum Gasteiger partial charge on any atom is -0.261 e. The first-order valence-electron chi connectivity index (χ1n) is 5.46. The topological polar surface area (TPSA) is 12.9 Å². The first-order valence-corrected chi connectivity index (χ1v) is 6.27. The number of rotatable bonds is 3. The van der Waals surface area contributed by atoms with E-state index < -0.39 is 0 Å². The summed E-state index contributed by atoms with van der Waals surface area (Å²) in [4.78, 5) is 4.35. The number of hydrogen-bond donors (Lipinski definition) is 0. The molecule has 1 atom stereocenters. The average molecular weight is 266 g/mol. The summed E-state index contributed by atoms with van der Waals surface area (Å²) in [5, 5.41) is 0.619. The van der Waals surface area contributed by atoms with Crippen molar-refractivity contribution in [3.63, 3.8) is 0 Å². The zero-order valence-corrected chi connectivity index (χ0v) is 11.0. The van der Waals surface area contributed by atoms with Crippen molar-refractivity contribution in [1.29, 1.82) is 0 Å². The lowest BCUT2D eigenvalue weighted by molar-refractivity contribution is 0.879. The molecular weight excluding hydrogens is 253 g/mol. The Kier molecular flexibility index (Phi) is 4.03. The summed E-state index contributed by atoms with van der Waals surface area (Å²) in [5.74, 6) is 0. The van der Waals surface area contributed by atoms with Crippen LogP contribution >= 0.6 is 23.2 Å². The van der Waals surface area contributed by atoms with E-state index in [1.165, 1.54) is 0 Å². The van der Waals surface area contributed by atoms with Gasteiger partial charge in [0.25, 0.3) is 0 Å². The molecule has 0 saturated carbocycles. The fourth-order valence-electron chi connectivity index (χ4n) is 1.62. The Hall–Kier alpha value is -1.05.